The van der Waals surface area contributed by atoms with Gasteiger partial charge in [0.25, 0.3) is 11.8 Å². The van der Waals surface area contributed by atoms with E-state index in [2.05, 4.69) is 5.32 Å². The molecule has 3 heterocycles. The Morgan fingerprint density at radius 1 is 0.778 bits per heavy atom. The molecule has 54 heavy (non-hydrogen) atoms. The summed E-state index contributed by atoms with van der Waals surface area (Å²) >= 11 is 0.975. The van der Waals surface area contributed by atoms with E-state index in [4.69, 9.17) is 18.9 Å². The van der Waals surface area contributed by atoms with Gasteiger partial charge in [0.05, 0.1) is 41.4 Å². The molecule has 2 aromatic carbocycles. The van der Waals surface area contributed by atoms with Crippen molar-refractivity contribution in [3.63, 3.8) is 0 Å². The van der Waals surface area contributed by atoms with Gasteiger partial charge in [-0.25, -0.2) is 19.2 Å². The minimum atomic E-state index is -1.17. The van der Waals surface area contributed by atoms with Gasteiger partial charge in [-0.2, -0.15) is 0 Å². The minimum Gasteiger partial charge on any atom is -0.456 e. The van der Waals surface area contributed by atoms with Gasteiger partial charge < -0.3 is 24.3 Å². The fourth-order valence-corrected chi connectivity index (χ4v) is 7.00. The molecule has 1 unspecified atom stereocenters. The van der Waals surface area contributed by atoms with Crippen LogP contribution in [0, 0.1) is 0 Å². The van der Waals surface area contributed by atoms with E-state index in [0.717, 1.165) is 16.2 Å². The number of carbonyl (C=O) groups is 7. The first-order chi connectivity index (χ1) is 25.0. The maximum absolute atomic E-state index is 14.0. The molecule has 2 aliphatic heterocycles. The Kier molecular flexibility index (Phi) is 10.8. The summed E-state index contributed by atoms with van der Waals surface area (Å²) in [5.74, 6) is -5.34. The predicted molar refractivity (Wildman–Crippen MR) is 196 cm³/mol. The molecule has 1 N–H and O–H groups in total. The Bertz CT molecular complexity index is 2030. The first kappa shape index (κ1) is 39.6. The van der Waals surface area contributed by atoms with E-state index >= 15 is 0 Å². The number of ether oxygens (including phenoxy) is 4. The van der Waals surface area contributed by atoms with Crippen molar-refractivity contribution in [3.8, 4) is 5.75 Å². The van der Waals surface area contributed by atoms with Crippen LogP contribution in [0.2, 0.25) is 0 Å². The van der Waals surface area contributed by atoms with Crippen LogP contribution in [0.4, 0.5) is 9.80 Å². The summed E-state index contributed by atoms with van der Waals surface area (Å²) in [7, 11) is 0. The SMILES string of the molecule is CC(C)(C)OC(=O)C(=O)Nc1sc2c(c1C(=O)OC(C)(C)C)CC(CN1C(=O)c3cccc(OC(=O)c4ccccc4)c3C1=O)N(C(=O)OC(C)(C)C)C2. The highest BCUT2D eigenvalue weighted by Crippen LogP contribution is 2.41. The Morgan fingerprint density at radius 3 is 2.02 bits per heavy atom. The van der Waals surface area contributed by atoms with Gasteiger partial charge in [-0.05, 0) is 98.6 Å². The van der Waals surface area contributed by atoms with E-state index in [-0.39, 0.29) is 52.5 Å². The van der Waals surface area contributed by atoms with E-state index in [9.17, 15) is 33.6 Å². The third-order valence-corrected chi connectivity index (χ3v) is 9.03. The first-order valence-electron chi connectivity index (χ1n) is 17.2. The zero-order chi connectivity index (χ0) is 39.9. The Morgan fingerprint density at radius 2 is 1.41 bits per heavy atom. The van der Waals surface area contributed by atoms with Crippen LogP contribution in [-0.2, 0) is 36.8 Å². The Balaban J connectivity index is 1.52. The van der Waals surface area contributed by atoms with Crippen molar-refractivity contribution in [2.24, 2.45) is 0 Å². The number of nitrogens with zero attached hydrogens (tertiary/aromatic N) is 2. The lowest BCUT2D eigenvalue weighted by Gasteiger charge is -2.38. The fourth-order valence-electron chi connectivity index (χ4n) is 5.79. The standard InChI is InChI=1S/C39H43N3O11S/c1-37(2,3)51-34(47)28-24-18-22(19-42-31(44)23-16-13-17-25(27(23)32(42)45)50-33(46)21-14-11-10-12-15-21)41(36(49)53-39(7,8)9)20-26(24)54-30(28)40-29(43)35(48)52-38(4,5)6/h10-17,22H,18-20H2,1-9H3,(H,40,43). The quantitative estimate of drug-likeness (QED) is 0.100. The number of fused-ring (bicyclic) bond motifs is 2. The van der Waals surface area contributed by atoms with Gasteiger partial charge in [0.15, 0.2) is 0 Å². The number of amides is 4. The third kappa shape index (κ3) is 8.96. The van der Waals surface area contributed by atoms with Gasteiger partial charge in [0.2, 0.25) is 0 Å². The second-order valence-electron chi connectivity index (χ2n) is 15.8. The van der Waals surface area contributed by atoms with E-state index in [0.29, 0.717) is 10.4 Å². The Hall–Kier alpha value is -5.57. The number of anilines is 1. The molecule has 0 radical (unpaired) electrons. The zero-order valence-electron chi connectivity index (χ0n) is 31.6. The largest absolute Gasteiger partial charge is 0.456 e. The number of rotatable bonds is 6. The van der Waals surface area contributed by atoms with E-state index in [1.54, 1.807) is 92.6 Å². The molecule has 0 fully saturated rings. The second-order valence-corrected chi connectivity index (χ2v) is 16.9. The number of hydrogen-bond donors (Lipinski definition) is 1. The lowest BCUT2D eigenvalue weighted by molar-refractivity contribution is -0.161. The number of carbonyl (C=O) groups excluding carboxylic acids is 7. The molecule has 286 valence electrons. The minimum absolute atomic E-state index is 0.000465. The smallest absolute Gasteiger partial charge is 0.410 e. The molecule has 3 aromatic rings. The van der Waals surface area contributed by atoms with Gasteiger partial charge in [-0.15, -0.1) is 11.3 Å². The molecule has 0 saturated carbocycles. The van der Waals surface area contributed by atoms with Crippen LogP contribution in [-0.4, -0.2) is 80.9 Å². The summed E-state index contributed by atoms with van der Waals surface area (Å²) in [6.07, 6.45) is -0.829. The summed E-state index contributed by atoms with van der Waals surface area (Å²) in [5.41, 5.74) is -2.32. The molecular formula is C39H43N3O11S. The van der Waals surface area contributed by atoms with Crippen molar-refractivity contribution in [1.82, 2.24) is 9.80 Å². The molecule has 0 aliphatic carbocycles. The van der Waals surface area contributed by atoms with Gasteiger partial charge >= 0.3 is 29.9 Å². The second kappa shape index (κ2) is 14.7. The van der Waals surface area contributed by atoms with Crippen LogP contribution in [0.3, 0.4) is 0 Å². The fraction of sp³-hybridized carbons (Fsp3) is 0.410. The molecular weight excluding hydrogens is 719 g/mol. The third-order valence-electron chi connectivity index (χ3n) is 7.89. The molecule has 1 atom stereocenters. The number of hydrogen-bond acceptors (Lipinski definition) is 12. The van der Waals surface area contributed by atoms with Crippen molar-refractivity contribution >= 4 is 58.1 Å². The lowest BCUT2D eigenvalue weighted by Crippen LogP contribution is -2.52. The summed E-state index contributed by atoms with van der Waals surface area (Å²) < 4.78 is 22.2. The summed E-state index contributed by atoms with van der Waals surface area (Å²) in [5, 5.41) is 2.50. The topological polar surface area (TPSA) is 175 Å². The predicted octanol–water partition coefficient (Wildman–Crippen LogP) is 6.16. The van der Waals surface area contributed by atoms with Gasteiger partial charge in [0.1, 0.15) is 27.6 Å². The normalized spacial score (nSPS) is 15.6. The first-order valence-corrected chi connectivity index (χ1v) is 18.0. The molecule has 14 nitrogen and oxygen atoms in total. The van der Waals surface area contributed by atoms with Crippen molar-refractivity contribution < 1.29 is 52.5 Å². The van der Waals surface area contributed by atoms with Crippen LogP contribution < -0.4 is 10.1 Å². The molecule has 0 bridgehead atoms. The summed E-state index contributed by atoms with van der Waals surface area (Å²) in [6.45, 7) is 14.4. The van der Waals surface area contributed by atoms with Crippen LogP contribution in [0.5, 0.6) is 5.75 Å². The number of thiophene rings is 1. The van der Waals surface area contributed by atoms with Crippen molar-refractivity contribution in [2.75, 3.05) is 11.9 Å². The lowest BCUT2D eigenvalue weighted by atomic mass is 9.95. The average molecular weight is 762 g/mol. The Labute approximate surface area is 316 Å². The van der Waals surface area contributed by atoms with Crippen LogP contribution in [0.15, 0.2) is 48.5 Å². The van der Waals surface area contributed by atoms with Gasteiger partial charge in [0, 0.05) is 4.88 Å². The number of imide groups is 1. The molecule has 4 amide bonds. The maximum Gasteiger partial charge on any atom is 0.410 e. The molecule has 5 rings (SSSR count). The molecule has 2 aliphatic rings. The summed E-state index contributed by atoms with van der Waals surface area (Å²) in [6, 6.07) is 11.6. The van der Waals surface area contributed by atoms with Crippen molar-refractivity contribution in [1.29, 1.82) is 0 Å². The number of nitrogens with one attached hydrogen (secondary N) is 1. The maximum atomic E-state index is 14.0. The molecule has 1 aromatic heterocycles. The highest BCUT2D eigenvalue weighted by molar-refractivity contribution is 7.17. The number of benzene rings is 2. The van der Waals surface area contributed by atoms with Crippen LogP contribution in [0.1, 0.15) is 114 Å². The highest BCUT2D eigenvalue weighted by atomic mass is 32.1. The molecule has 15 heteroatoms. The van der Waals surface area contributed by atoms with Gasteiger partial charge in [-0.3, -0.25) is 24.2 Å². The van der Waals surface area contributed by atoms with E-state index < -0.39 is 64.6 Å². The molecule has 0 spiro atoms. The average Bonchev–Trinajstić information content (AvgIpc) is 3.52. The number of esters is 3. The zero-order valence-corrected chi connectivity index (χ0v) is 32.4. The van der Waals surface area contributed by atoms with Gasteiger partial charge in [-0.1, -0.05) is 24.3 Å². The van der Waals surface area contributed by atoms with E-state index in [1.165, 1.54) is 23.1 Å². The molecule has 0 saturated heterocycles. The monoisotopic (exact) mass is 761 g/mol. The van der Waals surface area contributed by atoms with E-state index in [1.807, 2.05) is 0 Å². The van der Waals surface area contributed by atoms with Crippen molar-refractivity contribution in [3.05, 3.63) is 81.2 Å². The van der Waals surface area contributed by atoms with Crippen molar-refractivity contribution in [2.45, 2.75) is 98.1 Å². The van der Waals surface area contributed by atoms with Crippen LogP contribution in [0.25, 0.3) is 0 Å². The highest BCUT2D eigenvalue weighted by Gasteiger charge is 2.44. The summed E-state index contributed by atoms with van der Waals surface area (Å²) in [4.78, 5) is 96.7. The van der Waals surface area contributed by atoms with Crippen LogP contribution >= 0.6 is 11.3 Å².